The van der Waals surface area contributed by atoms with Crippen LogP contribution in [0.25, 0.3) is 0 Å². The second-order valence-electron chi connectivity index (χ2n) is 4.19. The van der Waals surface area contributed by atoms with Crippen molar-refractivity contribution in [3.8, 4) is 0 Å². The van der Waals surface area contributed by atoms with Crippen LogP contribution in [0.15, 0.2) is 29.2 Å². The minimum Gasteiger partial charge on any atom is -0.396 e. The molecule has 0 heterocycles. The molecule has 0 saturated heterocycles. The number of nitrogens with one attached hydrogen (secondary N) is 1. The summed E-state index contributed by atoms with van der Waals surface area (Å²) in [5.74, 6) is 0.113. The number of aliphatic hydroxyl groups is 1. The van der Waals surface area contributed by atoms with Crippen molar-refractivity contribution in [3.63, 3.8) is 0 Å². The van der Waals surface area contributed by atoms with Gasteiger partial charge in [-0.1, -0.05) is 13.8 Å². The van der Waals surface area contributed by atoms with Gasteiger partial charge in [0.2, 0.25) is 0 Å². The highest BCUT2D eigenvalue weighted by Gasteiger charge is 2.11. The van der Waals surface area contributed by atoms with Crippen molar-refractivity contribution in [1.82, 2.24) is 0 Å². The Morgan fingerprint density at radius 2 is 1.83 bits per heavy atom. The van der Waals surface area contributed by atoms with Crippen LogP contribution in [-0.2, 0) is 9.84 Å². The molecule has 0 bridgehead atoms. The molecule has 5 heteroatoms. The van der Waals surface area contributed by atoms with Crippen LogP contribution in [0.2, 0.25) is 0 Å². The molecule has 1 aromatic rings. The Hall–Kier alpha value is -1.07. The Kier molecular flexibility index (Phi) is 5.62. The minimum absolute atomic E-state index is 0.113. The molecule has 1 rings (SSSR count). The van der Waals surface area contributed by atoms with E-state index in [4.69, 9.17) is 5.11 Å². The van der Waals surface area contributed by atoms with Crippen LogP contribution in [0, 0.1) is 0 Å². The van der Waals surface area contributed by atoms with E-state index in [9.17, 15) is 8.42 Å². The first kappa shape index (κ1) is 15.0. The average Bonchev–Trinajstić information content (AvgIpc) is 2.39. The topological polar surface area (TPSA) is 66.4 Å². The lowest BCUT2D eigenvalue weighted by Crippen LogP contribution is -2.19. The molecule has 4 nitrogen and oxygen atoms in total. The van der Waals surface area contributed by atoms with E-state index in [1.54, 1.807) is 31.2 Å². The van der Waals surface area contributed by atoms with Crippen LogP contribution >= 0.6 is 0 Å². The van der Waals surface area contributed by atoms with Gasteiger partial charge in [-0.3, -0.25) is 0 Å². The van der Waals surface area contributed by atoms with Crippen molar-refractivity contribution in [3.05, 3.63) is 24.3 Å². The molecule has 0 aliphatic rings. The van der Waals surface area contributed by atoms with Crippen molar-refractivity contribution < 1.29 is 13.5 Å². The van der Waals surface area contributed by atoms with Crippen LogP contribution in [-0.4, -0.2) is 31.9 Å². The lowest BCUT2D eigenvalue weighted by atomic mass is 10.1. The molecule has 0 aliphatic carbocycles. The largest absolute Gasteiger partial charge is 0.396 e. The zero-order valence-corrected chi connectivity index (χ0v) is 11.7. The molecular formula is C13H21NO3S. The van der Waals surface area contributed by atoms with Crippen molar-refractivity contribution in [2.24, 2.45) is 0 Å². The van der Waals surface area contributed by atoms with Crippen molar-refractivity contribution in [1.29, 1.82) is 0 Å². The summed E-state index contributed by atoms with van der Waals surface area (Å²) >= 11 is 0. The summed E-state index contributed by atoms with van der Waals surface area (Å²) in [5.41, 5.74) is 0.880. The fourth-order valence-corrected chi connectivity index (χ4v) is 2.58. The van der Waals surface area contributed by atoms with E-state index >= 15 is 0 Å². The van der Waals surface area contributed by atoms with Crippen LogP contribution in [0.3, 0.4) is 0 Å². The first-order valence-corrected chi connectivity index (χ1v) is 7.89. The summed E-state index contributed by atoms with van der Waals surface area (Å²) in [7, 11) is -3.13. The van der Waals surface area contributed by atoms with Gasteiger partial charge in [-0.05, 0) is 37.1 Å². The van der Waals surface area contributed by atoms with Crippen molar-refractivity contribution >= 4 is 15.5 Å². The van der Waals surface area contributed by atoms with Crippen LogP contribution in [0.4, 0.5) is 5.69 Å². The number of aliphatic hydroxyl groups excluding tert-OH is 1. The molecule has 0 radical (unpaired) electrons. The highest BCUT2D eigenvalue weighted by atomic mass is 32.2. The Labute approximate surface area is 109 Å². The Bertz CT molecular complexity index is 454. The van der Waals surface area contributed by atoms with Gasteiger partial charge < -0.3 is 10.4 Å². The molecule has 2 N–H and O–H groups in total. The summed E-state index contributed by atoms with van der Waals surface area (Å²) in [6.45, 7) is 3.83. The molecule has 0 spiro atoms. The predicted molar refractivity (Wildman–Crippen MR) is 73.6 cm³/mol. The molecule has 0 saturated carbocycles. The van der Waals surface area contributed by atoms with Gasteiger partial charge >= 0.3 is 0 Å². The third kappa shape index (κ3) is 3.99. The lowest BCUT2D eigenvalue weighted by Gasteiger charge is -2.17. The number of benzene rings is 1. The maximum Gasteiger partial charge on any atom is 0.178 e. The Morgan fingerprint density at radius 1 is 1.22 bits per heavy atom. The Balaban J connectivity index is 2.77. The zero-order valence-electron chi connectivity index (χ0n) is 10.9. The predicted octanol–water partition coefficient (Wildman–Crippen LogP) is 2.05. The summed E-state index contributed by atoms with van der Waals surface area (Å²) in [6, 6.07) is 6.98. The summed E-state index contributed by atoms with van der Waals surface area (Å²) in [5, 5.41) is 12.2. The monoisotopic (exact) mass is 271 g/mol. The van der Waals surface area contributed by atoms with Gasteiger partial charge in [-0.25, -0.2) is 8.42 Å². The van der Waals surface area contributed by atoms with Crippen molar-refractivity contribution in [2.75, 3.05) is 17.7 Å². The molecule has 1 aromatic carbocycles. The van der Waals surface area contributed by atoms with E-state index in [-0.39, 0.29) is 18.4 Å². The molecular weight excluding hydrogens is 250 g/mol. The Morgan fingerprint density at radius 3 is 2.28 bits per heavy atom. The summed E-state index contributed by atoms with van der Waals surface area (Å²) in [6.07, 6.45) is 1.60. The zero-order chi connectivity index (χ0) is 13.6. The standard InChI is InChI=1S/C13H21NO3S/c1-3-11(9-10-15)14-12-5-7-13(8-6-12)18(16,17)4-2/h5-8,11,14-15H,3-4,9-10H2,1-2H3. The van der Waals surface area contributed by atoms with E-state index in [2.05, 4.69) is 5.32 Å². The van der Waals surface area contributed by atoms with Gasteiger partial charge in [0.1, 0.15) is 0 Å². The van der Waals surface area contributed by atoms with Gasteiger partial charge in [0.15, 0.2) is 9.84 Å². The van der Waals surface area contributed by atoms with Gasteiger partial charge in [0.05, 0.1) is 10.6 Å². The number of sulfone groups is 1. The van der Waals surface area contributed by atoms with Crippen LogP contribution < -0.4 is 5.32 Å². The second kappa shape index (κ2) is 6.75. The third-order valence-corrected chi connectivity index (χ3v) is 4.69. The highest BCUT2D eigenvalue weighted by molar-refractivity contribution is 7.91. The fraction of sp³-hybridized carbons (Fsp3) is 0.538. The molecule has 0 amide bonds. The second-order valence-corrected chi connectivity index (χ2v) is 6.47. The van der Waals surface area contributed by atoms with E-state index < -0.39 is 9.84 Å². The maximum atomic E-state index is 11.6. The average molecular weight is 271 g/mol. The quantitative estimate of drug-likeness (QED) is 0.796. The number of hydrogen-bond donors (Lipinski definition) is 2. The molecule has 18 heavy (non-hydrogen) atoms. The van der Waals surface area contributed by atoms with Crippen LogP contribution in [0.1, 0.15) is 26.7 Å². The molecule has 0 fully saturated rings. The van der Waals surface area contributed by atoms with Gasteiger partial charge in [0.25, 0.3) is 0 Å². The number of hydrogen-bond acceptors (Lipinski definition) is 4. The van der Waals surface area contributed by atoms with E-state index in [0.717, 1.165) is 12.1 Å². The first-order chi connectivity index (χ1) is 8.53. The van der Waals surface area contributed by atoms with Gasteiger partial charge in [0, 0.05) is 18.3 Å². The van der Waals surface area contributed by atoms with E-state index in [1.807, 2.05) is 6.92 Å². The smallest absolute Gasteiger partial charge is 0.178 e. The lowest BCUT2D eigenvalue weighted by molar-refractivity contribution is 0.278. The minimum atomic E-state index is -3.13. The molecule has 1 unspecified atom stereocenters. The molecule has 102 valence electrons. The number of rotatable bonds is 7. The maximum absolute atomic E-state index is 11.6. The van der Waals surface area contributed by atoms with Crippen molar-refractivity contribution in [2.45, 2.75) is 37.6 Å². The van der Waals surface area contributed by atoms with E-state index in [0.29, 0.717) is 11.3 Å². The SMILES string of the molecule is CCC(CCO)Nc1ccc(S(=O)(=O)CC)cc1. The molecule has 0 aliphatic heterocycles. The van der Waals surface area contributed by atoms with Crippen LogP contribution in [0.5, 0.6) is 0 Å². The fourth-order valence-electron chi connectivity index (χ4n) is 1.70. The highest BCUT2D eigenvalue weighted by Crippen LogP contribution is 2.17. The third-order valence-electron chi connectivity index (χ3n) is 2.93. The van der Waals surface area contributed by atoms with Gasteiger partial charge in [-0.15, -0.1) is 0 Å². The summed E-state index contributed by atoms with van der Waals surface area (Å²) in [4.78, 5) is 0.353. The molecule has 1 atom stereocenters. The normalized spacial score (nSPS) is 13.3. The first-order valence-electron chi connectivity index (χ1n) is 6.23. The summed E-state index contributed by atoms with van der Waals surface area (Å²) < 4.78 is 23.3. The van der Waals surface area contributed by atoms with E-state index in [1.165, 1.54) is 0 Å². The van der Waals surface area contributed by atoms with Gasteiger partial charge in [-0.2, -0.15) is 0 Å². The number of anilines is 1. The molecule has 0 aromatic heterocycles.